The second kappa shape index (κ2) is 8.37. The molecule has 0 unspecified atom stereocenters. The summed E-state index contributed by atoms with van der Waals surface area (Å²) in [6.45, 7) is 5.37. The van der Waals surface area contributed by atoms with Crippen LogP contribution in [-0.4, -0.2) is 88.5 Å². The van der Waals surface area contributed by atoms with Gasteiger partial charge in [-0.15, -0.1) is 11.3 Å². The lowest BCUT2D eigenvalue weighted by atomic mass is 10.0. The van der Waals surface area contributed by atoms with Gasteiger partial charge in [-0.2, -0.15) is 0 Å². The van der Waals surface area contributed by atoms with E-state index in [-0.39, 0.29) is 11.9 Å². The van der Waals surface area contributed by atoms with Gasteiger partial charge in [-0.25, -0.2) is 4.98 Å². The number of ether oxygens (including phenoxy) is 1. The molecule has 2 fully saturated rings. The first kappa shape index (κ1) is 18.5. The number of nitrogens with zero attached hydrogens (tertiary/aromatic N) is 3. The highest BCUT2D eigenvalue weighted by atomic mass is 32.1. The number of thiazole rings is 1. The summed E-state index contributed by atoms with van der Waals surface area (Å²) in [6.07, 6.45) is 1.93. The predicted molar refractivity (Wildman–Crippen MR) is 95.3 cm³/mol. The van der Waals surface area contributed by atoms with Gasteiger partial charge < -0.3 is 19.8 Å². The fourth-order valence-electron chi connectivity index (χ4n) is 3.30. The molecule has 0 aromatic carbocycles. The van der Waals surface area contributed by atoms with E-state index in [9.17, 15) is 15.0 Å². The predicted octanol–water partition coefficient (Wildman–Crippen LogP) is 0.120. The minimum atomic E-state index is -0.860. The SMILES string of the molecule is Cc1nc(/C=C/C(=O)N2CC[C@@H](O)[C@@H](O)[C@H](N3CCOCC3)C2)cs1. The molecule has 2 saturated heterocycles. The third kappa shape index (κ3) is 4.65. The van der Waals surface area contributed by atoms with Crippen LogP contribution < -0.4 is 0 Å². The summed E-state index contributed by atoms with van der Waals surface area (Å²) in [7, 11) is 0. The van der Waals surface area contributed by atoms with E-state index in [1.807, 2.05) is 12.3 Å². The lowest BCUT2D eigenvalue weighted by molar-refractivity contribution is -0.127. The fraction of sp³-hybridized carbons (Fsp3) is 0.647. The molecule has 3 heterocycles. The van der Waals surface area contributed by atoms with Crippen LogP contribution in [0.15, 0.2) is 11.5 Å². The molecule has 138 valence electrons. The molecule has 25 heavy (non-hydrogen) atoms. The molecule has 3 rings (SSSR count). The topological polar surface area (TPSA) is 86.1 Å². The van der Waals surface area contributed by atoms with Gasteiger partial charge >= 0.3 is 0 Å². The first-order chi connectivity index (χ1) is 12.0. The summed E-state index contributed by atoms with van der Waals surface area (Å²) < 4.78 is 5.36. The van der Waals surface area contributed by atoms with E-state index in [1.54, 1.807) is 22.3 Å². The van der Waals surface area contributed by atoms with Crippen LogP contribution in [0, 0.1) is 6.92 Å². The van der Waals surface area contributed by atoms with Crippen LogP contribution in [0.5, 0.6) is 0 Å². The minimum absolute atomic E-state index is 0.120. The number of carbonyl (C=O) groups excluding carboxylic acids is 1. The second-order valence-corrected chi connectivity index (χ2v) is 7.53. The molecule has 0 saturated carbocycles. The molecule has 1 amide bonds. The van der Waals surface area contributed by atoms with Crippen LogP contribution in [0.2, 0.25) is 0 Å². The number of likely N-dealkylation sites (tertiary alicyclic amines) is 1. The number of morpholine rings is 1. The number of hydrogen-bond donors (Lipinski definition) is 2. The number of aryl methyl sites for hydroxylation is 1. The van der Waals surface area contributed by atoms with Crippen molar-refractivity contribution < 1.29 is 19.7 Å². The lowest BCUT2D eigenvalue weighted by Crippen LogP contribution is -2.55. The van der Waals surface area contributed by atoms with Crippen LogP contribution in [0.25, 0.3) is 6.08 Å². The molecule has 2 N–H and O–H groups in total. The van der Waals surface area contributed by atoms with Crippen molar-refractivity contribution in [2.24, 2.45) is 0 Å². The van der Waals surface area contributed by atoms with Crippen LogP contribution >= 0.6 is 11.3 Å². The number of aliphatic hydroxyl groups excluding tert-OH is 2. The molecule has 3 atom stereocenters. The van der Waals surface area contributed by atoms with Gasteiger partial charge in [0.25, 0.3) is 0 Å². The van der Waals surface area contributed by atoms with Gasteiger partial charge in [0.1, 0.15) is 0 Å². The Balaban J connectivity index is 1.69. The number of aromatic nitrogens is 1. The molecule has 2 aliphatic heterocycles. The van der Waals surface area contributed by atoms with E-state index in [2.05, 4.69) is 9.88 Å². The zero-order valence-corrected chi connectivity index (χ0v) is 15.2. The molecule has 7 nitrogen and oxygen atoms in total. The van der Waals surface area contributed by atoms with Crippen molar-refractivity contribution in [3.8, 4) is 0 Å². The summed E-state index contributed by atoms with van der Waals surface area (Å²) in [5.74, 6) is -0.120. The normalized spacial score (nSPS) is 29.1. The zero-order valence-electron chi connectivity index (χ0n) is 14.4. The monoisotopic (exact) mass is 367 g/mol. The van der Waals surface area contributed by atoms with Crippen LogP contribution in [-0.2, 0) is 9.53 Å². The Kier molecular flexibility index (Phi) is 6.19. The summed E-state index contributed by atoms with van der Waals surface area (Å²) in [4.78, 5) is 20.7. The Morgan fingerprint density at radius 3 is 2.80 bits per heavy atom. The Labute approximate surface area is 151 Å². The van der Waals surface area contributed by atoms with Gasteiger partial charge in [0.05, 0.1) is 42.2 Å². The molecular weight excluding hydrogens is 342 g/mol. The smallest absolute Gasteiger partial charge is 0.246 e. The minimum Gasteiger partial charge on any atom is -0.390 e. The molecule has 0 bridgehead atoms. The average molecular weight is 367 g/mol. The number of carbonyl (C=O) groups is 1. The Hall–Kier alpha value is -1.32. The van der Waals surface area contributed by atoms with Crippen molar-refractivity contribution in [1.82, 2.24) is 14.8 Å². The van der Waals surface area contributed by atoms with Gasteiger partial charge in [0, 0.05) is 37.6 Å². The van der Waals surface area contributed by atoms with E-state index in [1.165, 1.54) is 6.08 Å². The fourth-order valence-corrected chi connectivity index (χ4v) is 3.88. The van der Waals surface area contributed by atoms with Crippen molar-refractivity contribution in [2.45, 2.75) is 31.6 Å². The Bertz CT molecular complexity index is 615. The second-order valence-electron chi connectivity index (χ2n) is 6.47. The largest absolute Gasteiger partial charge is 0.390 e. The summed E-state index contributed by atoms with van der Waals surface area (Å²) in [5, 5.41) is 23.5. The van der Waals surface area contributed by atoms with Crippen molar-refractivity contribution >= 4 is 23.3 Å². The Morgan fingerprint density at radius 2 is 2.12 bits per heavy atom. The molecule has 0 spiro atoms. The van der Waals surface area contributed by atoms with Gasteiger partial charge in [0.15, 0.2) is 0 Å². The number of amides is 1. The van der Waals surface area contributed by atoms with Gasteiger partial charge in [-0.05, 0) is 19.4 Å². The molecular formula is C17H25N3O4S. The lowest BCUT2D eigenvalue weighted by Gasteiger charge is -2.38. The highest BCUT2D eigenvalue weighted by molar-refractivity contribution is 7.09. The zero-order chi connectivity index (χ0) is 17.8. The molecule has 1 aromatic heterocycles. The summed E-state index contributed by atoms with van der Waals surface area (Å²) >= 11 is 1.54. The van der Waals surface area contributed by atoms with Crippen molar-refractivity contribution in [2.75, 3.05) is 39.4 Å². The van der Waals surface area contributed by atoms with Gasteiger partial charge in [-0.1, -0.05) is 0 Å². The highest BCUT2D eigenvalue weighted by Crippen LogP contribution is 2.19. The van der Waals surface area contributed by atoms with Crippen LogP contribution in [0.3, 0.4) is 0 Å². The standard InChI is InChI=1S/C17H25N3O4S/c1-12-18-13(11-25-12)2-3-16(22)20-5-4-15(21)17(23)14(10-20)19-6-8-24-9-7-19/h2-3,11,14-15,17,21,23H,4-10H2,1H3/b3-2+/t14-,15-,17+/m1/s1. The van der Waals surface area contributed by atoms with Gasteiger partial charge in [-0.3, -0.25) is 9.69 Å². The van der Waals surface area contributed by atoms with Crippen molar-refractivity contribution in [3.05, 3.63) is 22.2 Å². The van der Waals surface area contributed by atoms with Crippen LogP contribution in [0.4, 0.5) is 0 Å². The highest BCUT2D eigenvalue weighted by Gasteiger charge is 2.37. The van der Waals surface area contributed by atoms with Crippen molar-refractivity contribution in [1.29, 1.82) is 0 Å². The first-order valence-corrected chi connectivity index (χ1v) is 9.49. The van der Waals surface area contributed by atoms with Crippen LogP contribution in [0.1, 0.15) is 17.1 Å². The number of hydrogen-bond acceptors (Lipinski definition) is 7. The first-order valence-electron chi connectivity index (χ1n) is 8.61. The summed E-state index contributed by atoms with van der Waals surface area (Å²) in [6, 6.07) is -0.278. The number of aliphatic hydroxyl groups is 2. The molecule has 1 aromatic rings. The maximum absolute atomic E-state index is 12.6. The maximum atomic E-state index is 12.6. The molecule has 0 aliphatic carbocycles. The Morgan fingerprint density at radius 1 is 1.36 bits per heavy atom. The van der Waals surface area contributed by atoms with Crippen molar-refractivity contribution in [3.63, 3.8) is 0 Å². The van der Waals surface area contributed by atoms with Gasteiger partial charge in [0.2, 0.25) is 5.91 Å². The third-order valence-corrected chi connectivity index (χ3v) is 5.54. The maximum Gasteiger partial charge on any atom is 0.246 e. The van der Waals surface area contributed by atoms with E-state index >= 15 is 0 Å². The van der Waals surface area contributed by atoms with E-state index in [0.29, 0.717) is 45.8 Å². The van der Waals surface area contributed by atoms with E-state index in [4.69, 9.17) is 4.74 Å². The molecule has 8 heteroatoms. The summed E-state index contributed by atoms with van der Waals surface area (Å²) in [5.41, 5.74) is 0.774. The van der Waals surface area contributed by atoms with E-state index < -0.39 is 12.2 Å². The molecule has 0 radical (unpaired) electrons. The average Bonchev–Trinajstić information content (AvgIpc) is 2.98. The quantitative estimate of drug-likeness (QED) is 0.738. The molecule has 2 aliphatic rings. The number of rotatable bonds is 3. The van der Waals surface area contributed by atoms with E-state index in [0.717, 1.165) is 10.7 Å². The third-order valence-electron chi connectivity index (χ3n) is 4.75.